The molecule has 120 valence electrons. The van der Waals surface area contributed by atoms with Crippen molar-refractivity contribution in [3.05, 3.63) is 28.8 Å². The van der Waals surface area contributed by atoms with Gasteiger partial charge in [-0.05, 0) is 18.2 Å². The second kappa shape index (κ2) is 7.26. The van der Waals surface area contributed by atoms with Gasteiger partial charge in [0.25, 0.3) is 0 Å². The Labute approximate surface area is 133 Å². The average Bonchev–Trinajstić information content (AvgIpc) is 2.36. The Morgan fingerprint density at radius 1 is 1.23 bits per heavy atom. The topological polar surface area (TPSA) is 95.5 Å². The van der Waals surface area contributed by atoms with Crippen LogP contribution in [0, 0.1) is 5.41 Å². The monoisotopic (exact) mass is 326 g/mol. The highest BCUT2D eigenvalue weighted by atomic mass is 35.5. The minimum atomic E-state index is -1.13. The first-order valence-electron chi connectivity index (χ1n) is 6.72. The Balaban J connectivity index is 2.51. The van der Waals surface area contributed by atoms with Crippen LogP contribution in [0.2, 0.25) is 5.02 Å². The summed E-state index contributed by atoms with van der Waals surface area (Å²) in [5.74, 6) is -1.56. The largest absolute Gasteiger partial charge is 0.478 e. The lowest BCUT2D eigenvalue weighted by molar-refractivity contribution is -0.128. The summed E-state index contributed by atoms with van der Waals surface area (Å²) in [4.78, 5) is 34.2. The fraction of sp³-hybridized carbons (Fsp3) is 0.400. The predicted molar refractivity (Wildman–Crippen MR) is 84.1 cm³/mol. The van der Waals surface area contributed by atoms with Crippen LogP contribution in [0.3, 0.4) is 0 Å². The molecule has 6 nitrogen and oxygen atoms in total. The third-order valence-electron chi connectivity index (χ3n) is 2.80. The van der Waals surface area contributed by atoms with E-state index < -0.39 is 11.4 Å². The van der Waals surface area contributed by atoms with Crippen LogP contribution in [0.4, 0.5) is 5.69 Å². The van der Waals surface area contributed by atoms with Crippen molar-refractivity contribution in [3.8, 4) is 0 Å². The molecule has 0 aliphatic carbocycles. The van der Waals surface area contributed by atoms with Gasteiger partial charge < -0.3 is 15.7 Å². The van der Waals surface area contributed by atoms with Crippen molar-refractivity contribution in [2.75, 3.05) is 11.9 Å². The van der Waals surface area contributed by atoms with Crippen molar-refractivity contribution in [3.63, 3.8) is 0 Å². The van der Waals surface area contributed by atoms with E-state index in [9.17, 15) is 14.4 Å². The van der Waals surface area contributed by atoms with Gasteiger partial charge in [0.1, 0.15) is 0 Å². The highest BCUT2D eigenvalue weighted by Gasteiger charge is 2.20. The van der Waals surface area contributed by atoms with E-state index in [4.69, 9.17) is 16.7 Å². The van der Waals surface area contributed by atoms with Crippen LogP contribution in [-0.4, -0.2) is 29.4 Å². The van der Waals surface area contributed by atoms with Gasteiger partial charge in [-0.15, -0.1) is 0 Å². The number of benzene rings is 1. The normalized spacial score (nSPS) is 10.9. The number of anilines is 1. The summed E-state index contributed by atoms with van der Waals surface area (Å²) in [7, 11) is 0. The molecule has 3 N–H and O–H groups in total. The fourth-order valence-electron chi connectivity index (χ4n) is 1.54. The lowest BCUT2D eigenvalue weighted by atomic mass is 9.96. The van der Waals surface area contributed by atoms with Gasteiger partial charge in [-0.3, -0.25) is 9.59 Å². The van der Waals surface area contributed by atoms with Gasteiger partial charge in [0.2, 0.25) is 11.8 Å². The molecule has 0 unspecified atom stereocenters. The molecule has 2 amide bonds. The molecule has 0 aliphatic rings. The molecule has 1 aromatic carbocycles. The fourth-order valence-corrected chi connectivity index (χ4v) is 1.81. The van der Waals surface area contributed by atoms with Crippen LogP contribution in [0.25, 0.3) is 0 Å². The maximum atomic E-state index is 11.8. The molecule has 7 heteroatoms. The second-order valence-corrected chi connectivity index (χ2v) is 6.21. The predicted octanol–water partition coefficient (Wildman–Crippen LogP) is 2.53. The maximum absolute atomic E-state index is 11.8. The Morgan fingerprint density at radius 3 is 2.36 bits per heavy atom. The van der Waals surface area contributed by atoms with Crippen molar-refractivity contribution in [2.24, 2.45) is 5.41 Å². The quantitative estimate of drug-likeness (QED) is 0.774. The zero-order valence-corrected chi connectivity index (χ0v) is 13.5. The number of rotatable bonds is 5. The number of hydrogen-bond donors (Lipinski definition) is 3. The highest BCUT2D eigenvalue weighted by Crippen LogP contribution is 2.21. The minimum absolute atomic E-state index is 0.0305. The average molecular weight is 327 g/mol. The van der Waals surface area contributed by atoms with Crippen LogP contribution in [-0.2, 0) is 9.59 Å². The third-order valence-corrected chi connectivity index (χ3v) is 3.11. The van der Waals surface area contributed by atoms with Gasteiger partial charge in [0, 0.05) is 24.1 Å². The number of carboxylic acid groups (broad SMARTS) is 1. The van der Waals surface area contributed by atoms with Crippen LogP contribution in [0.15, 0.2) is 18.2 Å². The van der Waals surface area contributed by atoms with Crippen LogP contribution >= 0.6 is 11.6 Å². The number of hydrogen-bond acceptors (Lipinski definition) is 3. The lowest BCUT2D eigenvalue weighted by Crippen LogP contribution is -2.36. The van der Waals surface area contributed by atoms with E-state index in [0.29, 0.717) is 5.69 Å². The standard InChI is InChI=1S/C15H19ClN2O4/c1-15(2,3)14(22)17-7-6-12(19)18-9-4-5-10(13(20)21)11(16)8-9/h4-5,8H,6-7H2,1-3H3,(H,17,22)(H,18,19)(H,20,21). The number of carboxylic acids is 1. The lowest BCUT2D eigenvalue weighted by Gasteiger charge is -2.17. The molecule has 0 aliphatic heterocycles. The highest BCUT2D eigenvalue weighted by molar-refractivity contribution is 6.33. The first-order valence-corrected chi connectivity index (χ1v) is 7.10. The summed E-state index contributed by atoms with van der Waals surface area (Å²) in [6.45, 7) is 5.58. The first kappa shape index (κ1) is 18.0. The number of carbonyl (C=O) groups is 3. The smallest absolute Gasteiger partial charge is 0.337 e. The molecule has 22 heavy (non-hydrogen) atoms. The molecule has 0 spiro atoms. The molecule has 0 radical (unpaired) electrons. The summed E-state index contributed by atoms with van der Waals surface area (Å²) < 4.78 is 0. The van der Waals surface area contributed by atoms with Crippen LogP contribution in [0.1, 0.15) is 37.6 Å². The number of halogens is 1. The third kappa shape index (κ3) is 5.37. The van der Waals surface area contributed by atoms with Gasteiger partial charge in [-0.25, -0.2) is 4.79 Å². The van der Waals surface area contributed by atoms with E-state index in [0.717, 1.165) is 0 Å². The molecule has 0 heterocycles. The molecule has 0 aromatic heterocycles. The number of nitrogens with one attached hydrogen (secondary N) is 2. The van der Waals surface area contributed by atoms with Crippen molar-refractivity contribution in [1.29, 1.82) is 0 Å². The van der Waals surface area contributed by atoms with Gasteiger partial charge in [-0.1, -0.05) is 32.4 Å². The summed E-state index contributed by atoms with van der Waals surface area (Å²) in [5, 5.41) is 14.2. The number of amides is 2. The van der Waals surface area contributed by atoms with E-state index in [1.165, 1.54) is 18.2 Å². The summed E-state index contributed by atoms with van der Waals surface area (Å²) in [6, 6.07) is 4.15. The molecular weight excluding hydrogens is 308 g/mol. The molecule has 0 saturated heterocycles. The van der Waals surface area contributed by atoms with Crippen molar-refractivity contribution >= 4 is 35.1 Å². The molecule has 0 saturated carbocycles. The molecular formula is C15H19ClN2O4. The zero-order valence-electron chi connectivity index (χ0n) is 12.7. The Kier molecular flexibility index (Phi) is 5.93. The van der Waals surface area contributed by atoms with Gasteiger partial charge >= 0.3 is 5.97 Å². The summed E-state index contributed by atoms with van der Waals surface area (Å²) in [5.41, 5.74) is -0.129. The number of carbonyl (C=O) groups excluding carboxylic acids is 2. The minimum Gasteiger partial charge on any atom is -0.478 e. The second-order valence-electron chi connectivity index (χ2n) is 5.80. The van der Waals surface area contributed by atoms with E-state index in [2.05, 4.69) is 10.6 Å². The Bertz CT molecular complexity index is 594. The van der Waals surface area contributed by atoms with E-state index in [1.54, 1.807) is 20.8 Å². The van der Waals surface area contributed by atoms with Gasteiger partial charge in [0.05, 0.1) is 10.6 Å². The van der Waals surface area contributed by atoms with E-state index >= 15 is 0 Å². The van der Waals surface area contributed by atoms with Gasteiger partial charge in [0.15, 0.2) is 0 Å². The molecule has 1 aromatic rings. The Morgan fingerprint density at radius 2 is 1.86 bits per heavy atom. The molecule has 1 rings (SSSR count). The van der Waals surface area contributed by atoms with Crippen molar-refractivity contribution < 1.29 is 19.5 Å². The van der Waals surface area contributed by atoms with Crippen LogP contribution in [0.5, 0.6) is 0 Å². The first-order chi connectivity index (χ1) is 10.1. The maximum Gasteiger partial charge on any atom is 0.337 e. The molecule has 0 bridgehead atoms. The van der Waals surface area contributed by atoms with Crippen molar-refractivity contribution in [2.45, 2.75) is 27.2 Å². The molecule has 0 atom stereocenters. The Hall–Kier alpha value is -2.08. The zero-order chi connectivity index (χ0) is 16.9. The van der Waals surface area contributed by atoms with E-state index in [-0.39, 0.29) is 35.4 Å². The SMILES string of the molecule is CC(C)(C)C(=O)NCCC(=O)Nc1ccc(C(=O)O)c(Cl)c1. The van der Waals surface area contributed by atoms with Crippen molar-refractivity contribution in [1.82, 2.24) is 5.32 Å². The number of aromatic carboxylic acids is 1. The summed E-state index contributed by atoms with van der Waals surface area (Å²) in [6.07, 6.45) is 0.111. The summed E-state index contributed by atoms with van der Waals surface area (Å²) >= 11 is 5.81. The van der Waals surface area contributed by atoms with Crippen LogP contribution < -0.4 is 10.6 Å². The van der Waals surface area contributed by atoms with Gasteiger partial charge in [-0.2, -0.15) is 0 Å². The molecule has 0 fully saturated rings. The van der Waals surface area contributed by atoms with E-state index in [1.807, 2.05) is 0 Å².